The van der Waals surface area contributed by atoms with E-state index in [9.17, 15) is 19.4 Å². The monoisotopic (exact) mass is 385 g/mol. The smallest absolute Gasteiger partial charge is 0.253 e. The maximum absolute atomic E-state index is 13.1. The van der Waals surface area contributed by atoms with Crippen molar-refractivity contribution < 1.29 is 19.4 Å². The molecule has 1 aromatic heterocycles. The van der Waals surface area contributed by atoms with Crippen molar-refractivity contribution in [3.05, 3.63) is 58.7 Å². The number of aryl methyl sites for hydroxylation is 2. The number of aromatic nitrogens is 2. The van der Waals surface area contributed by atoms with Gasteiger partial charge in [-0.25, -0.2) is 9.37 Å². The van der Waals surface area contributed by atoms with Gasteiger partial charge in [-0.1, -0.05) is 12.1 Å². The van der Waals surface area contributed by atoms with Crippen molar-refractivity contribution >= 4 is 16.9 Å². The molecular weight excluding hydrogens is 361 g/mol. The van der Waals surface area contributed by atoms with Crippen molar-refractivity contribution in [3.8, 4) is 5.75 Å². The highest BCUT2D eigenvalue weighted by atomic mass is 19.1. The van der Waals surface area contributed by atoms with Crippen LogP contribution in [-0.2, 0) is 13.5 Å². The molecule has 0 radical (unpaired) electrons. The lowest BCUT2D eigenvalue weighted by Crippen LogP contribution is -2.23. The van der Waals surface area contributed by atoms with Crippen LogP contribution in [0.4, 0.5) is 4.39 Å². The van der Waals surface area contributed by atoms with Crippen LogP contribution in [0.5, 0.6) is 5.75 Å². The fraction of sp³-hybridized carbons (Fsp3) is 0.333. The Balaban J connectivity index is 2.00. The number of benzene rings is 2. The van der Waals surface area contributed by atoms with Gasteiger partial charge in [-0.05, 0) is 43.5 Å². The molecular formula is C21H24FN3O3. The number of hydrogen-bond acceptors (Lipinski definition) is 4. The highest BCUT2D eigenvalue weighted by Crippen LogP contribution is 2.34. The van der Waals surface area contributed by atoms with Gasteiger partial charge in [-0.3, -0.25) is 4.79 Å². The first-order valence-corrected chi connectivity index (χ1v) is 9.03. The summed E-state index contributed by atoms with van der Waals surface area (Å²) in [5.74, 6) is 0.0699. The standard InChI is InChI=1S/C21H24FN3O3/c1-12-23-19-17(25(12)4)11-16(21(28)24(2)3)15(20(19)27)9-10-18(26)13-5-7-14(22)8-6-13/h5-8,11,18,26-27H,9-10H2,1-4H3. The molecule has 0 saturated heterocycles. The molecule has 0 bridgehead atoms. The van der Waals surface area contributed by atoms with E-state index in [0.29, 0.717) is 27.7 Å². The lowest BCUT2D eigenvalue weighted by molar-refractivity contribution is 0.0825. The Hall–Kier alpha value is -2.93. The lowest BCUT2D eigenvalue weighted by Gasteiger charge is -2.17. The number of aromatic hydroxyl groups is 1. The van der Waals surface area contributed by atoms with Crippen LogP contribution in [0.15, 0.2) is 30.3 Å². The van der Waals surface area contributed by atoms with Gasteiger partial charge in [0.05, 0.1) is 11.6 Å². The largest absolute Gasteiger partial charge is 0.505 e. The molecule has 0 aliphatic rings. The van der Waals surface area contributed by atoms with Gasteiger partial charge in [0.15, 0.2) is 0 Å². The van der Waals surface area contributed by atoms with Crippen LogP contribution in [0.3, 0.4) is 0 Å². The molecule has 0 spiro atoms. The van der Waals surface area contributed by atoms with Crippen LogP contribution in [0.25, 0.3) is 11.0 Å². The molecule has 6 nitrogen and oxygen atoms in total. The third-order valence-electron chi connectivity index (χ3n) is 5.04. The van der Waals surface area contributed by atoms with Crippen molar-refractivity contribution in [3.63, 3.8) is 0 Å². The quantitative estimate of drug-likeness (QED) is 0.707. The van der Waals surface area contributed by atoms with Gasteiger partial charge in [0.1, 0.15) is 22.9 Å². The van der Waals surface area contributed by atoms with E-state index >= 15 is 0 Å². The van der Waals surface area contributed by atoms with Crippen LogP contribution in [0.1, 0.15) is 39.8 Å². The lowest BCUT2D eigenvalue weighted by atomic mass is 9.95. The summed E-state index contributed by atoms with van der Waals surface area (Å²) < 4.78 is 14.9. The van der Waals surface area contributed by atoms with E-state index in [4.69, 9.17) is 0 Å². The average molecular weight is 385 g/mol. The van der Waals surface area contributed by atoms with E-state index in [2.05, 4.69) is 4.98 Å². The van der Waals surface area contributed by atoms with Crippen LogP contribution in [0, 0.1) is 12.7 Å². The van der Waals surface area contributed by atoms with Crippen molar-refractivity contribution in [2.45, 2.75) is 25.9 Å². The first kappa shape index (κ1) is 19.8. The summed E-state index contributed by atoms with van der Waals surface area (Å²) in [6.45, 7) is 1.82. The predicted molar refractivity (Wildman–Crippen MR) is 105 cm³/mol. The molecule has 3 rings (SSSR count). The van der Waals surface area contributed by atoms with E-state index < -0.39 is 6.10 Å². The van der Waals surface area contributed by atoms with E-state index in [0.717, 1.165) is 5.82 Å². The number of aliphatic hydroxyl groups excluding tert-OH is 1. The molecule has 1 amide bonds. The fourth-order valence-electron chi connectivity index (χ4n) is 3.28. The topological polar surface area (TPSA) is 78.6 Å². The van der Waals surface area contributed by atoms with E-state index in [1.807, 2.05) is 18.5 Å². The number of imidazole rings is 1. The highest BCUT2D eigenvalue weighted by molar-refractivity contribution is 6.01. The zero-order valence-electron chi connectivity index (χ0n) is 16.4. The second-order valence-electron chi connectivity index (χ2n) is 7.14. The number of carbonyl (C=O) groups is 1. The number of amides is 1. The predicted octanol–water partition coefficient (Wildman–Crippen LogP) is 3.09. The number of phenols is 1. The number of carbonyl (C=O) groups excluding carboxylic acids is 1. The fourth-order valence-corrected chi connectivity index (χ4v) is 3.28. The van der Waals surface area contributed by atoms with Crippen molar-refractivity contribution in [2.24, 2.45) is 7.05 Å². The Morgan fingerprint density at radius 2 is 1.93 bits per heavy atom. The third-order valence-corrected chi connectivity index (χ3v) is 5.04. The van der Waals surface area contributed by atoms with Gasteiger partial charge in [0.25, 0.3) is 5.91 Å². The zero-order valence-corrected chi connectivity index (χ0v) is 16.4. The molecule has 2 N–H and O–H groups in total. The Bertz CT molecular complexity index is 1030. The van der Waals surface area contributed by atoms with Crippen LogP contribution in [-0.4, -0.2) is 44.7 Å². The number of fused-ring (bicyclic) bond motifs is 1. The minimum atomic E-state index is -0.844. The van der Waals surface area contributed by atoms with Crippen molar-refractivity contribution in [1.29, 1.82) is 0 Å². The first-order valence-electron chi connectivity index (χ1n) is 9.03. The van der Waals surface area contributed by atoms with Gasteiger partial charge in [-0.15, -0.1) is 0 Å². The Morgan fingerprint density at radius 1 is 1.29 bits per heavy atom. The summed E-state index contributed by atoms with van der Waals surface area (Å²) in [7, 11) is 5.12. The minimum Gasteiger partial charge on any atom is -0.505 e. The second kappa shape index (κ2) is 7.59. The SMILES string of the molecule is Cc1nc2c(O)c(CCC(O)c3ccc(F)cc3)c(C(=O)N(C)C)cc2n1C. The molecule has 0 fully saturated rings. The summed E-state index contributed by atoms with van der Waals surface area (Å²) in [5.41, 5.74) is 2.51. The van der Waals surface area contributed by atoms with E-state index in [-0.39, 0.29) is 30.3 Å². The molecule has 1 atom stereocenters. The van der Waals surface area contributed by atoms with Gasteiger partial charge >= 0.3 is 0 Å². The summed E-state index contributed by atoms with van der Waals surface area (Å²) in [6.07, 6.45) is -0.307. The molecule has 0 aliphatic heterocycles. The molecule has 148 valence electrons. The number of rotatable bonds is 5. The van der Waals surface area contributed by atoms with E-state index in [1.165, 1.54) is 29.2 Å². The molecule has 0 saturated carbocycles. The molecule has 0 aliphatic carbocycles. The average Bonchev–Trinajstić information content (AvgIpc) is 2.95. The minimum absolute atomic E-state index is 0.0438. The number of aliphatic hydroxyl groups is 1. The van der Waals surface area contributed by atoms with E-state index in [1.54, 1.807) is 20.2 Å². The molecule has 2 aromatic carbocycles. The number of nitrogens with zero attached hydrogens (tertiary/aromatic N) is 3. The maximum Gasteiger partial charge on any atom is 0.253 e. The first-order chi connectivity index (χ1) is 13.2. The molecule has 28 heavy (non-hydrogen) atoms. The molecule has 3 aromatic rings. The Morgan fingerprint density at radius 3 is 2.54 bits per heavy atom. The van der Waals surface area contributed by atoms with Crippen molar-refractivity contribution in [2.75, 3.05) is 14.1 Å². The summed E-state index contributed by atoms with van der Waals surface area (Å²) in [4.78, 5) is 18.6. The van der Waals surface area contributed by atoms with Crippen LogP contribution in [0.2, 0.25) is 0 Å². The number of hydrogen-bond donors (Lipinski definition) is 2. The van der Waals surface area contributed by atoms with Gasteiger partial charge in [-0.2, -0.15) is 0 Å². The Labute approximate surface area is 162 Å². The second-order valence-corrected chi connectivity index (χ2v) is 7.14. The van der Waals surface area contributed by atoms with Gasteiger partial charge < -0.3 is 19.7 Å². The van der Waals surface area contributed by atoms with Gasteiger partial charge in [0, 0.05) is 32.3 Å². The zero-order chi connectivity index (χ0) is 20.6. The highest BCUT2D eigenvalue weighted by Gasteiger charge is 2.23. The van der Waals surface area contributed by atoms with Gasteiger partial charge in [0.2, 0.25) is 0 Å². The number of halogens is 1. The normalized spacial score (nSPS) is 12.4. The van der Waals surface area contributed by atoms with Crippen LogP contribution < -0.4 is 0 Å². The maximum atomic E-state index is 13.1. The summed E-state index contributed by atoms with van der Waals surface area (Å²) in [5, 5.41) is 21.3. The summed E-state index contributed by atoms with van der Waals surface area (Å²) in [6, 6.07) is 7.37. The number of phenolic OH excluding ortho intramolecular Hbond substituents is 1. The third kappa shape index (κ3) is 3.57. The molecule has 1 heterocycles. The molecule has 1 unspecified atom stereocenters. The molecule has 7 heteroatoms. The van der Waals surface area contributed by atoms with Crippen molar-refractivity contribution in [1.82, 2.24) is 14.5 Å². The summed E-state index contributed by atoms with van der Waals surface area (Å²) >= 11 is 0. The Kier molecular flexibility index (Phi) is 5.38. The van der Waals surface area contributed by atoms with Crippen LogP contribution >= 0.6 is 0 Å².